The van der Waals surface area contributed by atoms with Crippen LogP contribution in [0, 0.1) is 6.92 Å². The Morgan fingerprint density at radius 1 is 0.969 bits per heavy atom. The average molecular weight is 428 g/mol. The van der Waals surface area contributed by atoms with Crippen LogP contribution in [0.15, 0.2) is 83.9 Å². The summed E-state index contributed by atoms with van der Waals surface area (Å²) in [6.07, 6.45) is 6.36. The molecule has 160 valence electrons. The Balaban J connectivity index is 1.48. The predicted octanol–water partition coefficient (Wildman–Crippen LogP) is 4.46. The summed E-state index contributed by atoms with van der Waals surface area (Å²) < 4.78 is 10.9. The van der Waals surface area contributed by atoms with E-state index in [4.69, 9.17) is 9.15 Å². The molecule has 0 bridgehead atoms. The van der Waals surface area contributed by atoms with E-state index in [1.54, 1.807) is 61.1 Å². The maximum Gasteiger partial charge on any atom is 0.291 e. The molecule has 0 atom stereocenters. The smallest absolute Gasteiger partial charge is 0.291 e. The number of furan rings is 1. The lowest BCUT2D eigenvalue weighted by Crippen LogP contribution is -2.16. The van der Waals surface area contributed by atoms with E-state index in [1.165, 1.54) is 6.26 Å². The summed E-state index contributed by atoms with van der Waals surface area (Å²) in [5.41, 5.74) is 2.61. The molecule has 8 nitrogen and oxygen atoms in total. The van der Waals surface area contributed by atoms with Gasteiger partial charge in [-0.25, -0.2) is 4.98 Å². The molecule has 4 rings (SSSR count). The van der Waals surface area contributed by atoms with Crippen molar-refractivity contribution in [2.24, 2.45) is 0 Å². The van der Waals surface area contributed by atoms with Crippen molar-refractivity contribution in [3.05, 3.63) is 102 Å². The van der Waals surface area contributed by atoms with Crippen molar-refractivity contribution < 1.29 is 18.7 Å². The van der Waals surface area contributed by atoms with Crippen LogP contribution >= 0.6 is 0 Å². The quantitative estimate of drug-likeness (QED) is 0.450. The number of pyridine rings is 2. The van der Waals surface area contributed by atoms with Gasteiger partial charge in [-0.2, -0.15) is 0 Å². The van der Waals surface area contributed by atoms with Gasteiger partial charge in [-0.05, 0) is 66.6 Å². The normalized spacial score (nSPS) is 10.4. The molecule has 0 aliphatic heterocycles. The predicted molar refractivity (Wildman–Crippen MR) is 119 cm³/mol. The van der Waals surface area contributed by atoms with Crippen LogP contribution in [0.3, 0.4) is 0 Å². The molecule has 2 amide bonds. The van der Waals surface area contributed by atoms with Crippen molar-refractivity contribution in [1.82, 2.24) is 9.97 Å². The number of ether oxygens (including phenoxy) is 1. The summed E-state index contributed by atoms with van der Waals surface area (Å²) in [6, 6.07) is 15.4. The van der Waals surface area contributed by atoms with Crippen LogP contribution < -0.4 is 15.4 Å². The zero-order valence-electron chi connectivity index (χ0n) is 17.2. The monoisotopic (exact) mass is 428 g/mol. The molecule has 0 spiro atoms. The van der Waals surface area contributed by atoms with E-state index < -0.39 is 5.91 Å². The Bertz CT molecular complexity index is 1220. The highest BCUT2D eigenvalue weighted by atomic mass is 16.5. The van der Waals surface area contributed by atoms with Crippen LogP contribution in [0.5, 0.6) is 5.75 Å². The van der Waals surface area contributed by atoms with E-state index in [0.29, 0.717) is 29.4 Å². The van der Waals surface area contributed by atoms with Crippen molar-refractivity contribution >= 4 is 23.3 Å². The molecule has 8 heteroatoms. The molecule has 4 aromatic rings. The minimum atomic E-state index is -0.396. The second-order valence-corrected chi connectivity index (χ2v) is 6.91. The molecule has 1 aromatic carbocycles. The highest BCUT2D eigenvalue weighted by Crippen LogP contribution is 2.24. The third-order valence-corrected chi connectivity index (χ3v) is 4.64. The number of carbonyl (C=O) groups excluding carboxylic acids is 2. The second kappa shape index (κ2) is 9.57. The summed E-state index contributed by atoms with van der Waals surface area (Å²) in [6.45, 7) is 2.15. The van der Waals surface area contributed by atoms with Crippen LogP contribution in [0.2, 0.25) is 0 Å². The first-order valence-electron chi connectivity index (χ1n) is 9.84. The van der Waals surface area contributed by atoms with Crippen molar-refractivity contribution in [2.75, 3.05) is 10.6 Å². The van der Waals surface area contributed by atoms with Gasteiger partial charge in [0.2, 0.25) is 0 Å². The van der Waals surface area contributed by atoms with Gasteiger partial charge in [-0.1, -0.05) is 6.07 Å². The van der Waals surface area contributed by atoms with Crippen molar-refractivity contribution in [3.8, 4) is 5.75 Å². The standard InChI is InChI=1S/C24H20N4O4/c1-16-6-7-18(14-19(16)27-24(30)21-5-3-13-31-21)23(29)28-22-20(4-2-10-26-22)32-15-17-8-11-25-12-9-17/h2-14H,15H2,1H3,(H,27,30)(H,26,28,29). The lowest BCUT2D eigenvalue weighted by Gasteiger charge is -2.13. The number of rotatable bonds is 7. The van der Waals surface area contributed by atoms with Crippen molar-refractivity contribution in [1.29, 1.82) is 0 Å². The Hall–Kier alpha value is -4.46. The number of anilines is 2. The number of hydrogen-bond donors (Lipinski definition) is 2. The molecule has 2 N–H and O–H groups in total. The average Bonchev–Trinajstić information content (AvgIpc) is 3.36. The van der Waals surface area contributed by atoms with Gasteiger partial charge in [0.1, 0.15) is 6.61 Å². The number of hydrogen-bond acceptors (Lipinski definition) is 6. The second-order valence-electron chi connectivity index (χ2n) is 6.91. The Labute approximate surface area is 184 Å². The van der Waals surface area contributed by atoms with E-state index in [2.05, 4.69) is 20.6 Å². The van der Waals surface area contributed by atoms with E-state index in [-0.39, 0.29) is 11.7 Å². The van der Waals surface area contributed by atoms with Crippen LogP contribution in [0.25, 0.3) is 0 Å². The molecule has 0 unspecified atom stereocenters. The molecule has 0 aliphatic carbocycles. The SMILES string of the molecule is Cc1ccc(C(=O)Nc2ncccc2OCc2ccncc2)cc1NC(=O)c1ccco1. The maximum absolute atomic E-state index is 12.9. The van der Waals surface area contributed by atoms with E-state index >= 15 is 0 Å². The molecule has 0 saturated carbocycles. The number of aryl methyl sites for hydroxylation is 1. The third-order valence-electron chi connectivity index (χ3n) is 4.64. The van der Waals surface area contributed by atoms with Gasteiger partial charge in [0.15, 0.2) is 17.3 Å². The van der Waals surface area contributed by atoms with Crippen LogP contribution in [-0.4, -0.2) is 21.8 Å². The zero-order valence-corrected chi connectivity index (χ0v) is 17.2. The number of carbonyl (C=O) groups is 2. The number of nitrogens with zero attached hydrogens (tertiary/aromatic N) is 2. The number of amides is 2. The number of nitrogens with one attached hydrogen (secondary N) is 2. The van der Waals surface area contributed by atoms with Gasteiger partial charge in [0.25, 0.3) is 11.8 Å². The third kappa shape index (κ3) is 4.99. The van der Waals surface area contributed by atoms with Crippen LogP contribution in [-0.2, 0) is 6.61 Å². The molecule has 0 radical (unpaired) electrons. The summed E-state index contributed by atoms with van der Waals surface area (Å²) in [5, 5.41) is 5.54. The van der Waals surface area contributed by atoms with Crippen molar-refractivity contribution in [2.45, 2.75) is 13.5 Å². The lowest BCUT2D eigenvalue weighted by atomic mass is 10.1. The fourth-order valence-electron chi connectivity index (χ4n) is 2.91. The first kappa shape index (κ1) is 20.8. The Morgan fingerprint density at radius 3 is 2.59 bits per heavy atom. The molecule has 3 heterocycles. The summed E-state index contributed by atoms with van der Waals surface area (Å²) in [4.78, 5) is 33.4. The van der Waals surface area contributed by atoms with Gasteiger partial charge in [-0.3, -0.25) is 14.6 Å². The molecule has 3 aromatic heterocycles. The van der Waals surface area contributed by atoms with Gasteiger partial charge in [0.05, 0.1) is 6.26 Å². The van der Waals surface area contributed by atoms with E-state index in [1.807, 2.05) is 19.1 Å². The molecular weight excluding hydrogens is 408 g/mol. The molecule has 0 fully saturated rings. The molecule has 0 saturated heterocycles. The first-order chi connectivity index (χ1) is 15.6. The number of benzene rings is 1. The fourth-order valence-corrected chi connectivity index (χ4v) is 2.91. The Morgan fingerprint density at radius 2 is 1.81 bits per heavy atom. The van der Waals surface area contributed by atoms with Crippen molar-refractivity contribution in [3.63, 3.8) is 0 Å². The highest BCUT2D eigenvalue weighted by molar-refractivity contribution is 6.07. The summed E-state index contributed by atoms with van der Waals surface area (Å²) in [7, 11) is 0. The fraction of sp³-hybridized carbons (Fsp3) is 0.0833. The largest absolute Gasteiger partial charge is 0.485 e. The minimum Gasteiger partial charge on any atom is -0.485 e. The van der Waals surface area contributed by atoms with Gasteiger partial charge in [0, 0.05) is 29.8 Å². The maximum atomic E-state index is 12.9. The molecule has 0 aliphatic rings. The Kier molecular flexibility index (Phi) is 6.22. The summed E-state index contributed by atoms with van der Waals surface area (Å²) >= 11 is 0. The van der Waals surface area contributed by atoms with Crippen LogP contribution in [0.4, 0.5) is 11.5 Å². The molecule has 32 heavy (non-hydrogen) atoms. The zero-order chi connectivity index (χ0) is 22.3. The minimum absolute atomic E-state index is 0.184. The van der Waals surface area contributed by atoms with E-state index in [0.717, 1.165) is 11.1 Å². The number of aromatic nitrogens is 2. The lowest BCUT2D eigenvalue weighted by molar-refractivity contribution is 0.0993. The highest BCUT2D eigenvalue weighted by Gasteiger charge is 2.15. The van der Waals surface area contributed by atoms with Crippen LogP contribution in [0.1, 0.15) is 32.0 Å². The van der Waals surface area contributed by atoms with Gasteiger partial charge in [-0.15, -0.1) is 0 Å². The summed E-state index contributed by atoms with van der Waals surface area (Å²) in [5.74, 6) is 0.145. The van der Waals surface area contributed by atoms with E-state index in [9.17, 15) is 9.59 Å². The topological polar surface area (TPSA) is 106 Å². The van der Waals surface area contributed by atoms with Gasteiger partial charge >= 0.3 is 0 Å². The van der Waals surface area contributed by atoms with Gasteiger partial charge < -0.3 is 19.8 Å². The molecular formula is C24H20N4O4. The first-order valence-corrected chi connectivity index (χ1v) is 9.84.